The number of anilines is 1. The van der Waals surface area contributed by atoms with Crippen molar-refractivity contribution in [3.05, 3.63) is 29.2 Å². The Balaban J connectivity index is 1.44. The number of aromatic nitrogens is 4. The Morgan fingerprint density at radius 3 is 2.18 bits per heavy atom. The van der Waals surface area contributed by atoms with Crippen molar-refractivity contribution in [1.29, 1.82) is 0 Å². The van der Waals surface area contributed by atoms with Crippen molar-refractivity contribution in [2.75, 3.05) is 18.4 Å². The minimum atomic E-state index is -0.105. The van der Waals surface area contributed by atoms with Gasteiger partial charge in [0, 0.05) is 42.4 Å². The highest BCUT2D eigenvalue weighted by atomic mass is 16.2. The van der Waals surface area contributed by atoms with E-state index in [-0.39, 0.29) is 23.7 Å². The summed E-state index contributed by atoms with van der Waals surface area (Å²) in [5.41, 5.74) is 2.48. The Labute approximate surface area is 164 Å². The van der Waals surface area contributed by atoms with Crippen LogP contribution in [0.2, 0.25) is 0 Å². The zero-order valence-electron chi connectivity index (χ0n) is 16.6. The van der Waals surface area contributed by atoms with Crippen molar-refractivity contribution in [3.8, 4) is 5.95 Å². The summed E-state index contributed by atoms with van der Waals surface area (Å²) in [5.74, 6) is 1.38. The van der Waals surface area contributed by atoms with Crippen molar-refractivity contribution >= 4 is 17.6 Å². The molecule has 4 rings (SSSR count). The van der Waals surface area contributed by atoms with E-state index in [1.165, 1.54) is 0 Å². The van der Waals surface area contributed by atoms with Gasteiger partial charge in [0.25, 0.3) is 5.95 Å². The minimum absolute atomic E-state index is 0.0379. The van der Waals surface area contributed by atoms with Gasteiger partial charge in [-0.3, -0.25) is 9.59 Å². The van der Waals surface area contributed by atoms with E-state index in [0.29, 0.717) is 37.7 Å². The summed E-state index contributed by atoms with van der Waals surface area (Å²) < 4.78 is 1.58. The van der Waals surface area contributed by atoms with Crippen LogP contribution >= 0.6 is 0 Å². The molecular weight excluding hydrogens is 356 g/mol. The predicted molar refractivity (Wildman–Crippen MR) is 104 cm³/mol. The van der Waals surface area contributed by atoms with Gasteiger partial charge >= 0.3 is 0 Å². The number of nitrogens with one attached hydrogen (secondary N) is 1. The molecule has 148 valence electrons. The van der Waals surface area contributed by atoms with Crippen molar-refractivity contribution in [2.45, 2.75) is 46.5 Å². The minimum Gasteiger partial charge on any atom is -0.342 e. The van der Waals surface area contributed by atoms with E-state index in [0.717, 1.165) is 29.9 Å². The summed E-state index contributed by atoms with van der Waals surface area (Å²) in [4.78, 5) is 35.8. The average Bonchev–Trinajstić information content (AvgIpc) is 3.44. The second-order valence-corrected chi connectivity index (χ2v) is 7.90. The van der Waals surface area contributed by atoms with E-state index in [1.807, 2.05) is 37.8 Å². The van der Waals surface area contributed by atoms with E-state index in [2.05, 4.69) is 20.4 Å². The van der Waals surface area contributed by atoms with Crippen LogP contribution in [0.1, 0.15) is 42.8 Å². The molecule has 8 heteroatoms. The fourth-order valence-corrected chi connectivity index (χ4v) is 3.72. The Morgan fingerprint density at radius 2 is 1.57 bits per heavy atom. The molecule has 8 nitrogen and oxygen atoms in total. The van der Waals surface area contributed by atoms with Gasteiger partial charge in [0.2, 0.25) is 11.8 Å². The summed E-state index contributed by atoms with van der Waals surface area (Å²) >= 11 is 0. The maximum absolute atomic E-state index is 12.8. The van der Waals surface area contributed by atoms with E-state index in [9.17, 15) is 9.59 Å². The zero-order chi connectivity index (χ0) is 19.8. The van der Waals surface area contributed by atoms with Crippen molar-refractivity contribution in [1.82, 2.24) is 24.6 Å². The fraction of sp³-hybridized carbons (Fsp3) is 0.550. The third-order valence-corrected chi connectivity index (χ3v) is 5.35. The van der Waals surface area contributed by atoms with Gasteiger partial charge in [0.05, 0.1) is 5.69 Å². The van der Waals surface area contributed by atoms with Crippen LogP contribution in [0.3, 0.4) is 0 Å². The topological polar surface area (TPSA) is 93.0 Å². The smallest absolute Gasteiger partial charge is 0.252 e. The van der Waals surface area contributed by atoms with Gasteiger partial charge in [-0.25, -0.2) is 9.97 Å². The molecule has 2 aliphatic rings. The molecule has 0 aromatic carbocycles. The largest absolute Gasteiger partial charge is 0.342 e. The zero-order valence-corrected chi connectivity index (χ0v) is 16.6. The van der Waals surface area contributed by atoms with Crippen LogP contribution in [0.5, 0.6) is 0 Å². The molecule has 3 heterocycles. The molecular formula is C20H26N6O2. The number of hydrogen-bond acceptors (Lipinski definition) is 5. The SMILES string of the molecule is Cc1cc(C)nc(-n2nc(C)cc2NC(=O)C2CCN(C(=O)C3CC3)CC2)n1. The van der Waals surface area contributed by atoms with Gasteiger partial charge in [0.1, 0.15) is 5.82 Å². The molecule has 1 saturated carbocycles. The van der Waals surface area contributed by atoms with Gasteiger partial charge in [-0.1, -0.05) is 0 Å². The normalized spacial score (nSPS) is 17.6. The number of rotatable bonds is 4. The third kappa shape index (κ3) is 3.90. The molecule has 0 radical (unpaired) electrons. The van der Waals surface area contributed by atoms with E-state index in [1.54, 1.807) is 4.68 Å². The van der Waals surface area contributed by atoms with Crippen molar-refractivity contribution in [3.63, 3.8) is 0 Å². The quantitative estimate of drug-likeness (QED) is 0.875. The molecule has 28 heavy (non-hydrogen) atoms. The van der Waals surface area contributed by atoms with Gasteiger partial charge < -0.3 is 10.2 Å². The van der Waals surface area contributed by atoms with Crippen LogP contribution in [0, 0.1) is 32.6 Å². The first-order valence-electron chi connectivity index (χ1n) is 9.89. The third-order valence-electron chi connectivity index (χ3n) is 5.35. The molecule has 1 saturated heterocycles. The highest BCUT2D eigenvalue weighted by Crippen LogP contribution is 2.32. The second kappa shape index (κ2) is 7.33. The maximum atomic E-state index is 12.8. The molecule has 1 aliphatic carbocycles. The van der Waals surface area contributed by atoms with Crippen molar-refractivity contribution in [2.24, 2.45) is 11.8 Å². The van der Waals surface area contributed by atoms with Crippen LogP contribution < -0.4 is 5.32 Å². The Hall–Kier alpha value is -2.77. The standard InChI is InChI=1S/C20H26N6O2/c1-12-10-13(2)22-20(21-12)26-17(11-14(3)24-26)23-18(27)15-6-8-25(9-7-15)19(28)16-4-5-16/h10-11,15-16H,4-9H2,1-3H3,(H,23,27). The average molecular weight is 382 g/mol. The number of likely N-dealkylation sites (tertiary alicyclic amines) is 1. The summed E-state index contributed by atoms with van der Waals surface area (Å²) in [6.45, 7) is 7.00. The van der Waals surface area contributed by atoms with Gasteiger partial charge in [-0.05, 0) is 52.5 Å². The lowest BCUT2D eigenvalue weighted by molar-refractivity contribution is -0.135. The van der Waals surface area contributed by atoms with Crippen LogP contribution in [0.15, 0.2) is 12.1 Å². The lowest BCUT2D eigenvalue weighted by atomic mass is 9.95. The summed E-state index contributed by atoms with van der Waals surface area (Å²) in [7, 11) is 0. The number of amides is 2. The molecule has 0 atom stereocenters. The molecule has 1 aliphatic heterocycles. The molecule has 2 fully saturated rings. The Bertz CT molecular complexity index is 889. The van der Waals surface area contributed by atoms with Gasteiger partial charge in [0.15, 0.2) is 0 Å². The molecule has 0 bridgehead atoms. The monoisotopic (exact) mass is 382 g/mol. The first-order chi connectivity index (χ1) is 13.4. The molecule has 0 spiro atoms. The molecule has 2 amide bonds. The number of hydrogen-bond donors (Lipinski definition) is 1. The van der Waals surface area contributed by atoms with E-state index >= 15 is 0 Å². The number of carbonyl (C=O) groups is 2. The number of nitrogens with zero attached hydrogens (tertiary/aromatic N) is 5. The van der Waals surface area contributed by atoms with Gasteiger partial charge in [-0.2, -0.15) is 9.78 Å². The first-order valence-corrected chi connectivity index (χ1v) is 9.89. The second-order valence-electron chi connectivity index (χ2n) is 7.90. The Kier molecular flexibility index (Phi) is 4.87. The molecule has 2 aromatic rings. The maximum Gasteiger partial charge on any atom is 0.252 e. The summed E-state index contributed by atoms with van der Waals surface area (Å²) in [6, 6.07) is 3.72. The van der Waals surface area contributed by atoms with E-state index in [4.69, 9.17) is 0 Å². The Morgan fingerprint density at radius 1 is 0.929 bits per heavy atom. The fourth-order valence-electron chi connectivity index (χ4n) is 3.72. The van der Waals surface area contributed by atoms with Crippen LogP contribution in [0.25, 0.3) is 5.95 Å². The molecule has 1 N–H and O–H groups in total. The van der Waals surface area contributed by atoms with E-state index < -0.39 is 0 Å². The van der Waals surface area contributed by atoms with Crippen LogP contribution in [0.4, 0.5) is 5.82 Å². The predicted octanol–water partition coefficient (Wildman–Crippen LogP) is 2.17. The summed E-state index contributed by atoms with van der Waals surface area (Å²) in [5, 5.41) is 7.44. The summed E-state index contributed by atoms with van der Waals surface area (Å²) in [6.07, 6.45) is 3.42. The lowest BCUT2D eigenvalue weighted by Gasteiger charge is -2.31. The van der Waals surface area contributed by atoms with Crippen LogP contribution in [-0.2, 0) is 9.59 Å². The molecule has 2 aromatic heterocycles. The highest BCUT2D eigenvalue weighted by Gasteiger charge is 2.36. The van der Waals surface area contributed by atoms with Crippen LogP contribution in [-0.4, -0.2) is 49.6 Å². The first kappa shape index (κ1) is 18.6. The highest BCUT2D eigenvalue weighted by molar-refractivity contribution is 5.92. The number of carbonyl (C=O) groups excluding carboxylic acids is 2. The number of piperidine rings is 1. The van der Waals surface area contributed by atoms with Crippen molar-refractivity contribution < 1.29 is 9.59 Å². The molecule has 0 unspecified atom stereocenters. The van der Waals surface area contributed by atoms with Gasteiger partial charge in [-0.15, -0.1) is 0 Å². The number of aryl methyl sites for hydroxylation is 3. The lowest BCUT2D eigenvalue weighted by Crippen LogP contribution is -2.42.